The Morgan fingerprint density at radius 2 is 1.76 bits per heavy atom. The van der Waals surface area contributed by atoms with Gasteiger partial charge in [-0.1, -0.05) is 18.2 Å². The Labute approximate surface area is 200 Å². The van der Waals surface area contributed by atoms with Crippen molar-refractivity contribution in [3.05, 3.63) is 47.3 Å². The third kappa shape index (κ3) is 4.38. The Hall–Kier alpha value is -2.81. The number of carbonyl (C=O) groups is 1. The summed E-state index contributed by atoms with van der Waals surface area (Å²) >= 11 is 3.24. The molecule has 5 rings (SSSR count). The first-order valence-electron chi connectivity index (χ1n) is 11.2. The van der Waals surface area contributed by atoms with Gasteiger partial charge >= 0.3 is 0 Å². The number of benzene rings is 2. The second-order valence-corrected chi connectivity index (χ2v) is 9.77. The topological polar surface area (TPSA) is 60.0 Å². The first-order chi connectivity index (χ1) is 16.2. The van der Waals surface area contributed by atoms with Crippen LogP contribution in [-0.2, 0) is 4.74 Å². The molecule has 0 aliphatic carbocycles. The Bertz CT molecular complexity index is 1290. The largest absolute Gasteiger partial charge is 0.492 e. The second-order valence-electron chi connectivity index (χ2n) is 7.64. The van der Waals surface area contributed by atoms with Crippen LogP contribution in [0.4, 0.5) is 11.4 Å². The molecule has 1 N–H and O–H groups in total. The highest BCUT2D eigenvalue weighted by molar-refractivity contribution is 7.33. The van der Waals surface area contributed by atoms with Gasteiger partial charge in [0.15, 0.2) is 0 Å². The molecule has 172 valence electrons. The number of morpholine rings is 1. The summed E-state index contributed by atoms with van der Waals surface area (Å²) in [5.74, 6) is 1.23. The van der Waals surface area contributed by atoms with Crippen molar-refractivity contribution in [3.8, 4) is 11.5 Å². The van der Waals surface area contributed by atoms with Gasteiger partial charge in [-0.15, -0.1) is 22.7 Å². The van der Waals surface area contributed by atoms with E-state index in [0.717, 1.165) is 33.9 Å². The van der Waals surface area contributed by atoms with E-state index in [-0.39, 0.29) is 5.91 Å². The molecule has 1 aliphatic rings. The molecule has 0 radical (unpaired) electrons. The Kier molecular flexibility index (Phi) is 6.39. The molecule has 1 saturated heterocycles. The average Bonchev–Trinajstić information content (AvgIpc) is 3.40. The maximum Gasteiger partial charge on any atom is 0.265 e. The SMILES string of the molecule is CCOc1cc(N2CCOCC2)c(OCC)cc1NC(=O)c1cc2sc3ccccc3c2s1. The molecule has 0 unspecified atom stereocenters. The molecular weight excluding hydrogens is 456 g/mol. The lowest BCUT2D eigenvalue weighted by atomic mass is 10.2. The fraction of sp³-hybridized carbons (Fsp3) is 0.320. The van der Waals surface area contributed by atoms with Crippen molar-refractivity contribution < 1.29 is 19.0 Å². The monoisotopic (exact) mass is 482 g/mol. The lowest BCUT2D eigenvalue weighted by Crippen LogP contribution is -2.36. The standard InChI is InChI=1S/C25H26N2O4S2/c1-3-30-19-14-18(27-9-11-29-12-10-27)20(31-4-2)13-17(19)26-25(28)23-15-22-24(33-23)16-7-5-6-8-21(16)32-22/h5-8,13-15H,3-4,9-12H2,1-2H3,(H,26,28). The smallest absolute Gasteiger partial charge is 0.265 e. The molecule has 2 aromatic carbocycles. The van der Waals surface area contributed by atoms with Crippen LogP contribution in [-0.4, -0.2) is 45.4 Å². The van der Waals surface area contributed by atoms with Crippen molar-refractivity contribution in [2.45, 2.75) is 13.8 Å². The van der Waals surface area contributed by atoms with E-state index in [9.17, 15) is 4.79 Å². The number of anilines is 2. The Balaban J connectivity index is 1.47. The second kappa shape index (κ2) is 9.59. The molecule has 1 amide bonds. The van der Waals surface area contributed by atoms with E-state index >= 15 is 0 Å². The molecule has 8 heteroatoms. The molecule has 0 saturated carbocycles. The molecule has 0 bridgehead atoms. The minimum atomic E-state index is -0.144. The average molecular weight is 483 g/mol. The van der Waals surface area contributed by atoms with E-state index in [2.05, 4.69) is 22.3 Å². The van der Waals surface area contributed by atoms with Gasteiger partial charge in [-0.2, -0.15) is 0 Å². The van der Waals surface area contributed by atoms with Crippen LogP contribution in [0.5, 0.6) is 11.5 Å². The van der Waals surface area contributed by atoms with E-state index in [4.69, 9.17) is 14.2 Å². The summed E-state index contributed by atoms with van der Waals surface area (Å²) in [6.45, 7) is 7.87. The van der Waals surface area contributed by atoms with Crippen LogP contribution >= 0.6 is 22.7 Å². The van der Waals surface area contributed by atoms with Crippen molar-refractivity contribution in [2.24, 2.45) is 0 Å². The van der Waals surface area contributed by atoms with Crippen molar-refractivity contribution in [2.75, 3.05) is 49.7 Å². The summed E-state index contributed by atoms with van der Waals surface area (Å²) in [5, 5.41) is 4.27. The zero-order valence-corrected chi connectivity index (χ0v) is 20.3. The van der Waals surface area contributed by atoms with Gasteiger partial charge in [0, 0.05) is 40.0 Å². The lowest BCUT2D eigenvalue weighted by molar-refractivity contribution is 0.103. The van der Waals surface area contributed by atoms with Gasteiger partial charge < -0.3 is 24.4 Å². The fourth-order valence-electron chi connectivity index (χ4n) is 4.04. The molecule has 33 heavy (non-hydrogen) atoms. The van der Waals surface area contributed by atoms with Crippen LogP contribution in [0.2, 0.25) is 0 Å². The van der Waals surface area contributed by atoms with E-state index in [1.807, 2.05) is 44.2 Å². The number of nitrogens with zero attached hydrogens (tertiary/aromatic N) is 1. The highest BCUT2D eigenvalue weighted by Crippen LogP contribution is 2.41. The number of thiophene rings is 2. The van der Waals surface area contributed by atoms with E-state index in [0.29, 0.717) is 42.7 Å². The summed E-state index contributed by atoms with van der Waals surface area (Å²) in [4.78, 5) is 16.1. The van der Waals surface area contributed by atoms with E-state index in [1.54, 1.807) is 11.3 Å². The first-order valence-corrected chi connectivity index (χ1v) is 12.8. The van der Waals surface area contributed by atoms with Crippen molar-refractivity contribution in [3.63, 3.8) is 0 Å². The molecule has 3 heterocycles. The summed E-state index contributed by atoms with van der Waals surface area (Å²) in [7, 11) is 0. The van der Waals surface area contributed by atoms with Gasteiger partial charge in [-0.3, -0.25) is 4.79 Å². The molecule has 1 aliphatic heterocycles. The molecule has 1 fully saturated rings. The normalized spacial score (nSPS) is 14.1. The van der Waals surface area contributed by atoms with E-state index in [1.165, 1.54) is 21.4 Å². The fourth-order valence-corrected chi connectivity index (χ4v) is 6.46. The number of carbonyl (C=O) groups excluding carboxylic acids is 1. The summed E-state index contributed by atoms with van der Waals surface area (Å²) < 4.78 is 20.9. The molecular formula is C25H26N2O4S2. The number of nitrogens with one attached hydrogen (secondary N) is 1. The third-order valence-corrected chi connectivity index (χ3v) is 7.95. The summed E-state index contributed by atoms with van der Waals surface area (Å²) in [6.07, 6.45) is 0. The van der Waals surface area contributed by atoms with Crippen LogP contribution < -0.4 is 19.7 Å². The van der Waals surface area contributed by atoms with Gasteiger partial charge in [0.25, 0.3) is 5.91 Å². The molecule has 0 atom stereocenters. The molecule has 6 nitrogen and oxygen atoms in total. The maximum absolute atomic E-state index is 13.2. The minimum Gasteiger partial charge on any atom is -0.492 e. The number of rotatable bonds is 7. The van der Waals surface area contributed by atoms with Gasteiger partial charge in [0.1, 0.15) is 11.5 Å². The van der Waals surface area contributed by atoms with E-state index < -0.39 is 0 Å². The van der Waals surface area contributed by atoms with Crippen LogP contribution in [0.3, 0.4) is 0 Å². The van der Waals surface area contributed by atoms with Crippen molar-refractivity contribution in [1.82, 2.24) is 0 Å². The highest BCUT2D eigenvalue weighted by atomic mass is 32.1. The molecule has 4 aromatic rings. The highest BCUT2D eigenvalue weighted by Gasteiger charge is 2.22. The number of hydrogen-bond acceptors (Lipinski definition) is 7. The predicted molar refractivity (Wildman–Crippen MR) is 137 cm³/mol. The van der Waals surface area contributed by atoms with Gasteiger partial charge in [-0.25, -0.2) is 0 Å². The summed E-state index contributed by atoms with van der Waals surface area (Å²) in [6, 6.07) is 14.1. The van der Waals surface area contributed by atoms with Crippen LogP contribution in [0, 0.1) is 0 Å². The Morgan fingerprint density at radius 1 is 1.00 bits per heavy atom. The Morgan fingerprint density at radius 3 is 2.55 bits per heavy atom. The maximum atomic E-state index is 13.2. The van der Waals surface area contributed by atoms with Crippen LogP contribution in [0.15, 0.2) is 42.5 Å². The summed E-state index contributed by atoms with van der Waals surface area (Å²) in [5.41, 5.74) is 1.58. The molecule has 0 spiro atoms. The zero-order chi connectivity index (χ0) is 22.8. The third-order valence-electron chi connectivity index (χ3n) is 5.53. The molecule has 2 aromatic heterocycles. The minimum absolute atomic E-state index is 0.144. The number of fused-ring (bicyclic) bond motifs is 3. The van der Waals surface area contributed by atoms with Crippen molar-refractivity contribution >= 4 is 59.4 Å². The van der Waals surface area contributed by atoms with Crippen LogP contribution in [0.1, 0.15) is 23.5 Å². The van der Waals surface area contributed by atoms with Crippen LogP contribution in [0.25, 0.3) is 19.5 Å². The van der Waals surface area contributed by atoms with Gasteiger partial charge in [0.2, 0.25) is 0 Å². The van der Waals surface area contributed by atoms with Gasteiger partial charge in [-0.05, 0) is 26.0 Å². The quantitative estimate of drug-likeness (QED) is 0.350. The predicted octanol–water partition coefficient (Wildman–Crippen LogP) is 6.00. The zero-order valence-electron chi connectivity index (χ0n) is 18.7. The van der Waals surface area contributed by atoms with Gasteiger partial charge in [0.05, 0.1) is 47.4 Å². The number of hydrogen-bond donors (Lipinski definition) is 1. The number of amides is 1. The van der Waals surface area contributed by atoms with Crippen molar-refractivity contribution in [1.29, 1.82) is 0 Å². The first kappa shape index (κ1) is 22.0. The lowest BCUT2D eigenvalue weighted by Gasteiger charge is -2.31. The number of ether oxygens (including phenoxy) is 3.